The minimum atomic E-state index is -1.57. The lowest BCUT2D eigenvalue weighted by molar-refractivity contribution is 0.302. The molecule has 0 bridgehead atoms. The molecule has 1 aliphatic rings. The Kier molecular flexibility index (Phi) is 8.49. The van der Waals surface area contributed by atoms with Gasteiger partial charge in [0.15, 0.2) is 0 Å². The first-order valence-electron chi connectivity index (χ1n) is 9.79. The molecule has 2 rings (SSSR count). The van der Waals surface area contributed by atoms with Crippen molar-refractivity contribution >= 4 is 0 Å². The van der Waals surface area contributed by atoms with Gasteiger partial charge in [0.1, 0.15) is 0 Å². The van der Waals surface area contributed by atoms with Gasteiger partial charge in [-0.3, -0.25) is 0 Å². The normalized spacial score (nSPS) is 20.8. The highest BCUT2D eigenvalue weighted by Gasteiger charge is 2.21. The Hall–Kier alpha value is -1.18. The van der Waals surface area contributed by atoms with Crippen molar-refractivity contribution < 1.29 is 8.78 Å². The summed E-state index contributed by atoms with van der Waals surface area (Å²) < 4.78 is 24.1. The number of halogens is 2. The quantitative estimate of drug-likeness (QED) is 0.407. The molecule has 0 saturated heterocycles. The summed E-state index contributed by atoms with van der Waals surface area (Å²) in [6, 6.07) is 8.68. The molecule has 0 aromatic heterocycles. The van der Waals surface area contributed by atoms with E-state index in [2.05, 4.69) is 31.2 Å². The predicted octanol–water partition coefficient (Wildman–Crippen LogP) is 7.64. The van der Waals surface area contributed by atoms with Crippen LogP contribution in [0.1, 0.15) is 88.2 Å². The second-order valence-corrected chi connectivity index (χ2v) is 7.34. The second-order valence-electron chi connectivity index (χ2n) is 7.34. The molecule has 0 nitrogen and oxygen atoms in total. The maximum Gasteiger partial charge on any atom is 0.266 e. The van der Waals surface area contributed by atoms with Crippen LogP contribution in [0.5, 0.6) is 0 Å². The van der Waals surface area contributed by atoms with Crippen LogP contribution in [-0.2, 0) is 6.42 Å². The van der Waals surface area contributed by atoms with Crippen LogP contribution in [0.25, 0.3) is 0 Å². The van der Waals surface area contributed by atoms with Gasteiger partial charge in [-0.05, 0) is 67.6 Å². The molecule has 1 saturated carbocycles. The molecule has 0 aliphatic heterocycles. The van der Waals surface area contributed by atoms with Crippen LogP contribution in [0.2, 0.25) is 0 Å². The van der Waals surface area contributed by atoms with Crippen molar-refractivity contribution in [2.24, 2.45) is 5.92 Å². The summed E-state index contributed by atoms with van der Waals surface area (Å²) in [6.07, 6.45) is 12.9. The fourth-order valence-corrected chi connectivity index (χ4v) is 3.95. The number of benzene rings is 1. The van der Waals surface area contributed by atoms with E-state index in [4.69, 9.17) is 0 Å². The molecule has 0 unspecified atom stereocenters. The first-order chi connectivity index (χ1) is 11.7. The van der Waals surface area contributed by atoms with Crippen LogP contribution in [0.3, 0.4) is 0 Å². The SMILES string of the molecule is CCCCCC[C@H]1CC[C@H](c2ccc(CCC=C(F)F)cc2)CC1. The van der Waals surface area contributed by atoms with E-state index < -0.39 is 6.08 Å². The van der Waals surface area contributed by atoms with Crippen LogP contribution in [0.15, 0.2) is 36.4 Å². The van der Waals surface area contributed by atoms with Gasteiger partial charge in [0.2, 0.25) is 0 Å². The lowest BCUT2D eigenvalue weighted by atomic mass is 9.77. The molecule has 2 heteroatoms. The predicted molar refractivity (Wildman–Crippen MR) is 98.5 cm³/mol. The van der Waals surface area contributed by atoms with E-state index in [0.717, 1.165) is 17.6 Å². The number of allylic oxidation sites excluding steroid dienone is 1. The molecule has 24 heavy (non-hydrogen) atoms. The lowest BCUT2D eigenvalue weighted by Crippen LogP contribution is -2.13. The van der Waals surface area contributed by atoms with Gasteiger partial charge in [0.25, 0.3) is 6.08 Å². The third-order valence-corrected chi connectivity index (χ3v) is 5.50. The minimum absolute atomic E-state index is 0.421. The van der Waals surface area contributed by atoms with Crippen LogP contribution < -0.4 is 0 Å². The van der Waals surface area contributed by atoms with Crippen molar-refractivity contribution in [3.8, 4) is 0 Å². The van der Waals surface area contributed by atoms with E-state index in [-0.39, 0.29) is 0 Å². The second kappa shape index (κ2) is 10.6. The van der Waals surface area contributed by atoms with Crippen molar-refractivity contribution in [1.82, 2.24) is 0 Å². The van der Waals surface area contributed by atoms with Gasteiger partial charge in [0, 0.05) is 0 Å². The van der Waals surface area contributed by atoms with Crippen molar-refractivity contribution in [2.45, 2.75) is 83.5 Å². The fraction of sp³-hybridized carbons (Fsp3) is 0.636. The smallest absolute Gasteiger partial charge is 0.174 e. The Morgan fingerprint density at radius 1 is 1.00 bits per heavy atom. The molecule has 0 radical (unpaired) electrons. The maximum absolute atomic E-state index is 12.1. The van der Waals surface area contributed by atoms with Crippen molar-refractivity contribution in [3.63, 3.8) is 0 Å². The van der Waals surface area contributed by atoms with Gasteiger partial charge in [-0.25, -0.2) is 0 Å². The molecular formula is C22H32F2. The number of unbranched alkanes of at least 4 members (excludes halogenated alkanes) is 3. The van der Waals surface area contributed by atoms with Crippen LogP contribution in [0, 0.1) is 5.92 Å². The molecule has 1 aromatic rings. The number of rotatable bonds is 9. The molecule has 1 aromatic carbocycles. The summed E-state index contributed by atoms with van der Waals surface area (Å²) >= 11 is 0. The summed E-state index contributed by atoms with van der Waals surface area (Å²) in [7, 11) is 0. The number of aryl methyl sites for hydroxylation is 1. The zero-order valence-corrected chi connectivity index (χ0v) is 15.1. The third-order valence-electron chi connectivity index (χ3n) is 5.50. The van der Waals surface area contributed by atoms with Crippen LogP contribution in [-0.4, -0.2) is 0 Å². The minimum Gasteiger partial charge on any atom is -0.174 e. The van der Waals surface area contributed by atoms with Crippen molar-refractivity contribution in [2.75, 3.05) is 0 Å². The van der Waals surface area contributed by atoms with E-state index in [1.165, 1.54) is 63.4 Å². The Labute approximate surface area is 146 Å². The van der Waals surface area contributed by atoms with Gasteiger partial charge in [0.05, 0.1) is 0 Å². The largest absolute Gasteiger partial charge is 0.266 e. The molecule has 0 amide bonds. The summed E-state index contributed by atoms with van der Waals surface area (Å²) in [5.74, 6) is 1.65. The maximum atomic E-state index is 12.1. The average Bonchev–Trinajstić information content (AvgIpc) is 2.60. The van der Waals surface area contributed by atoms with E-state index in [0.29, 0.717) is 18.8 Å². The highest BCUT2D eigenvalue weighted by atomic mass is 19.3. The number of hydrogen-bond donors (Lipinski definition) is 0. The van der Waals surface area contributed by atoms with Gasteiger partial charge >= 0.3 is 0 Å². The van der Waals surface area contributed by atoms with E-state index in [1.54, 1.807) is 0 Å². The Morgan fingerprint density at radius 3 is 2.33 bits per heavy atom. The van der Waals surface area contributed by atoms with E-state index >= 15 is 0 Å². The molecule has 134 valence electrons. The van der Waals surface area contributed by atoms with Gasteiger partial charge < -0.3 is 0 Å². The average molecular weight is 334 g/mol. The fourth-order valence-electron chi connectivity index (χ4n) is 3.95. The highest BCUT2D eigenvalue weighted by molar-refractivity contribution is 5.26. The Bertz CT molecular complexity index is 477. The van der Waals surface area contributed by atoms with Gasteiger partial charge in [-0.2, -0.15) is 8.78 Å². The summed E-state index contributed by atoms with van der Waals surface area (Å²) in [5, 5.41) is 0. The van der Waals surface area contributed by atoms with Crippen molar-refractivity contribution in [3.05, 3.63) is 47.5 Å². The molecular weight excluding hydrogens is 302 g/mol. The summed E-state index contributed by atoms with van der Waals surface area (Å²) in [6.45, 7) is 2.27. The number of hydrogen-bond acceptors (Lipinski definition) is 0. The first kappa shape index (κ1) is 19.1. The lowest BCUT2D eigenvalue weighted by Gasteiger charge is -2.29. The molecule has 0 heterocycles. The molecule has 0 N–H and O–H groups in total. The zero-order chi connectivity index (χ0) is 17.2. The Morgan fingerprint density at radius 2 is 1.71 bits per heavy atom. The van der Waals surface area contributed by atoms with Crippen LogP contribution >= 0.6 is 0 Å². The van der Waals surface area contributed by atoms with E-state index in [1.807, 2.05) is 0 Å². The highest BCUT2D eigenvalue weighted by Crippen LogP contribution is 2.37. The zero-order valence-electron chi connectivity index (χ0n) is 15.1. The molecule has 0 spiro atoms. The topological polar surface area (TPSA) is 0 Å². The molecule has 1 aliphatic carbocycles. The Balaban J connectivity index is 1.72. The standard InChI is InChI=1S/C22H32F2/c1-2-3-4-5-7-18-10-14-20(15-11-18)21-16-12-19(13-17-21)8-6-9-22(23)24/h9,12-13,16-18,20H,2-8,10-11,14-15H2,1H3/t18-,20-. The van der Waals surface area contributed by atoms with E-state index in [9.17, 15) is 8.78 Å². The van der Waals surface area contributed by atoms with Crippen molar-refractivity contribution in [1.29, 1.82) is 0 Å². The van der Waals surface area contributed by atoms with Crippen LogP contribution in [0.4, 0.5) is 8.78 Å². The summed E-state index contributed by atoms with van der Waals surface area (Å²) in [4.78, 5) is 0. The van der Waals surface area contributed by atoms with Gasteiger partial charge in [-0.1, -0.05) is 63.3 Å². The molecule has 0 atom stereocenters. The van der Waals surface area contributed by atoms with Gasteiger partial charge in [-0.15, -0.1) is 0 Å². The summed E-state index contributed by atoms with van der Waals surface area (Å²) in [5.41, 5.74) is 2.59. The first-order valence-corrected chi connectivity index (χ1v) is 9.79. The monoisotopic (exact) mass is 334 g/mol. The third kappa shape index (κ3) is 6.75. The molecule has 1 fully saturated rings.